The SMILES string of the molecule is O=[N+]([O-])c1cccc2c(NCC(O)C(F)F)ccnc12. The summed E-state index contributed by atoms with van der Waals surface area (Å²) in [6, 6.07) is 5.89. The molecular weight excluding hydrogens is 272 g/mol. The number of alkyl halides is 2. The quantitative estimate of drug-likeness (QED) is 0.648. The van der Waals surface area contributed by atoms with Crippen LogP contribution in [-0.4, -0.2) is 34.1 Å². The highest BCUT2D eigenvalue weighted by molar-refractivity contribution is 5.96. The van der Waals surface area contributed by atoms with Crippen LogP contribution in [0.25, 0.3) is 10.9 Å². The van der Waals surface area contributed by atoms with Crippen molar-refractivity contribution in [3.8, 4) is 0 Å². The number of nitrogens with zero attached hydrogens (tertiary/aromatic N) is 2. The minimum Gasteiger partial charge on any atom is -0.385 e. The Bertz CT molecular complexity index is 636. The van der Waals surface area contributed by atoms with Crippen LogP contribution in [-0.2, 0) is 0 Å². The highest BCUT2D eigenvalue weighted by Crippen LogP contribution is 2.28. The van der Waals surface area contributed by atoms with Crippen LogP contribution >= 0.6 is 0 Å². The zero-order valence-electron chi connectivity index (χ0n) is 10.2. The van der Waals surface area contributed by atoms with Crippen LogP contribution < -0.4 is 5.32 Å². The molecule has 0 bridgehead atoms. The average Bonchev–Trinajstić information content (AvgIpc) is 2.43. The van der Waals surface area contributed by atoms with E-state index in [-0.39, 0.29) is 17.7 Å². The van der Waals surface area contributed by atoms with Crippen molar-refractivity contribution in [2.45, 2.75) is 12.5 Å². The van der Waals surface area contributed by atoms with Gasteiger partial charge in [-0.2, -0.15) is 0 Å². The molecule has 0 saturated carbocycles. The maximum Gasteiger partial charge on any atom is 0.295 e. The lowest BCUT2D eigenvalue weighted by atomic mass is 10.1. The molecule has 6 nitrogen and oxygen atoms in total. The number of pyridine rings is 1. The van der Waals surface area contributed by atoms with Gasteiger partial charge < -0.3 is 10.4 Å². The fourth-order valence-corrected chi connectivity index (χ4v) is 1.77. The number of fused-ring (bicyclic) bond motifs is 1. The third-order valence-corrected chi connectivity index (χ3v) is 2.74. The molecule has 1 unspecified atom stereocenters. The van der Waals surface area contributed by atoms with Crippen LogP contribution in [0.4, 0.5) is 20.2 Å². The summed E-state index contributed by atoms with van der Waals surface area (Å²) < 4.78 is 24.4. The molecule has 2 aromatic rings. The molecule has 0 fully saturated rings. The van der Waals surface area contributed by atoms with Crippen molar-refractivity contribution in [2.24, 2.45) is 0 Å². The minimum atomic E-state index is -2.86. The van der Waals surface area contributed by atoms with Crippen molar-refractivity contribution >= 4 is 22.3 Å². The molecular formula is C12H11F2N3O3. The molecule has 8 heteroatoms. The van der Waals surface area contributed by atoms with E-state index < -0.39 is 17.5 Å². The van der Waals surface area contributed by atoms with Gasteiger partial charge in [0, 0.05) is 29.9 Å². The Morgan fingerprint density at radius 2 is 2.15 bits per heavy atom. The van der Waals surface area contributed by atoms with Crippen LogP contribution in [0.5, 0.6) is 0 Å². The zero-order chi connectivity index (χ0) is 14.7. The first-order valence-electron chi connectivity index (χ1n) is 5.73. The molecule has 20 heavy (non-hydrogen) atoms. The Hall–Kier alpha value is -2.35. The van der Waals surface area contributed by atoms with E-state index in [0.29, 0.717) is 11.1 Å². The van der Waals surface area contributed by atoms with Crippen molar-refractivity contribution < 1.29 is 18.8 Å². The monoisotopic (exact) mass is 283 g/mol. The molecule has 1 heterocycles. The van der Waals surface area contributed by atoms with Gasteiger partial charge in [0.25, 0.3) is 12.1 Å². The van der Waals surface area contributed by atoms with Gasteiger partial charge in [-0.25, -0.2) is 13.8 Å². The van der Waals surface area contributed by atoms with Crippen LogP contribution in [0.2, 0.25) is 0 Å². The van der Waals surface area contributed by atoms with Gasteiger partial charge in [-0.15, -0.1) is 0 Å². The smallest absolute Gasteiger partial charge is 0.295 e. The third-order valence-electron chi connectivity index (χ3n) is 2.74. The second-order valence-corrected chi connectivity index (χ2v) is 4.07. The predicted octanol–water partition coefficient (Wildman–Crippen LogP) is 2.18. The first-order chi connectivity index (χ1) is 9.50. The molecule has 2 rings (SSSR count). The van der Waals surface area contributed by atoms with E-state index in [2.05, 4.69) is 10.3 Å². The standard InChI is InChI=1S/C12H11F2N3O3/c13-12(14)10(18)6-16-8-4-5-15-11-7(8)2-1-3-9(11)17(19)20/h1-5,10,12,18H,6H2,(H,15,16). The van der Waals surface area contributed by atoms with Crippen LogP contribution in [0.1, 0.15) is 0 Å². The fraction of sp³-hybridized carbons (Fsp3) is 0.250. The van der Waals surface area contributed by atoms with Gasteiger partial charge >= 0.3 is 0 Å². The van der Waals surface area contributed by atoms with Crippen LogP contribution in [0.15, 0.2) is 30.5 Å². The summed E-state index contributed by atoms with van der Waals surface area (Å²) in [6.07, 6.45) is -3.33. The summed E-state index contributed by atoms with van der Waals surface area (Å²) in [5, 5.41) is 23.0. The summed E-state index contributed by atoms with van der Waals surface area (Å²) >= 11 is 0. The highest BCUT2D eigenvalue weighted by Gasteiger charge is 2.18. The second-order valence-electron chi connectivity index (χ2n) is 4.07. The molecule has 0 spiro atoms. The average molecular weight is 283 g/mol. The molecule has 0 saturated heterocycles. The molecule has 1 aromatic carbocycles. The number of nitro groups is 1. The summed E-state index contributed by atoms with van der Waals surface area (Å²) in [7, 11) is 0. The normalized spacial score (nSPS) is 12.6. The predicted molar refractivity (Wildman–Crippen MR) is 68.9 cm³/mol. The van der Waals surface area contributed by atoms with E-state index in [1.807, 2.05) is 0 Å². The summed E-state index contributed by atoms with van der Waals surface area (Å²) in [5.74, 6) is 0. The number of benzene rings is 1. The Balaban J connectivity index is 2.35. The van der Waals surface area contributed by atoms with Crippen LogP contribution in [0, 0.1) is 10.1 Å². The number of nitro benzene ring substituents is 1. The van der Waals surface area contributed by atoms with Gasteiger partial charge in [-0.05, 0) is 6.07 Å². The molecule has 1 atom stereocenters. The van der Waals surface area contributed by atoms with E-state index in [9.17, 15) is 18.9 Å². The summed E-state index contributed by atoms with van der Waals surface area (Å²) in [6.45, 7) is -0.362. The molecule has 0 aliphatic heterocycles. The maximum atomic E-state index is 12.2. The number of aliphatic hydroxyl groups is 1. The van der Waals surface area contributed by atoms with Crippen molar-refractivity contribution in [2.75, 3.05) is 11.9 Å². The first kappa shape index (κ1) is 14.1. The zero-order valence-corrected chi connectivity index (χ0v) is 10.2. The molecule has 0 aliphatic carbocycles. The van der Waals surface area contributed by atoms with E-state index in [1.165, 1.54) is 24.4 Å². The van der Waals surface area contributed by atoms with Gasteiger partial charge in [-0.1, -0.05) is 12.1 Å². The molecule has 106 valence electrons. The molecule has 0 aliphatic rings. The van der Waals surface area contributed by atoms with Crippen molar-refractivity contribution in [3.63, 3.8) is 0 Å². The molecule has 0 radical (unpaired) electrons. The molecule has 2 N–H and O–H groups in total. The number of para-hydroxylation sites is 1. The highest BCUT2D eigenvalue weighted by atomic mass is 19.3. The number of nitrogens with one attached hydrogen (secondary N) is 1. The first-order valence-corrected chi connectivity index (χ1v) is 5.73. The lowest BCUT2D eigenvalue weighted by molar-refractivity contribution is -0.383. The number of rotatable bonds is 5. The Kier molecular flexibility index (Phi) is 4.04. The van der Waals surface area contributed by atoms with E-state index >= 15 is 0 Å². The topological polar surface area (TPSA) is 88.3 Å². The third kappa shape index (κ3) is 2.80. The number of non-ortho nitro benzene ring substituents is 1. The van der Waals surface area contributed by atoms with Crippen molar-refractivity contribution in [1.29, 1.82) is 0 Å². The van der Waals surface area contributed by atoms with Gasteiger partial charge in [0.05, 0.1) is 4.92 Å². The Morgan fingerprint density at radius 3 is 2.80 bits per heavy atom. The lowest BCUT2D eigenvalue weighted by Gasteiger charge is -2.13. The minimum absolute atomic E-state index is 0.161. The van der Waals surface area contributed by atoms with E-state index in [1.54, 1.807) is 6.07 Å². The molecule has 1 aromatic heterocycles. The second kappa shape index (κ2) is 5.74. The number of aliphatic hydroxyl groups excluding tert-OH is 1. The van der Waals surface area contributed by atoms with Gasteiger partial charge in [0.15, 0.2) is 0 Å². The van der Waals surface area contributed by atoms with E-state index in [0.717, 1.165) is 0 Å². The largest absolute Gasteiger partial charge is 0.385 e. The summed E-state index contributed by atoms with van der Waals surface area (Å²) in [5.41, 5.74) is 0.396. The summed E-state index contributed by atoms with van der Waals surface area (Å²) in [4.78, 5) is 14.3. The van der Waals surface area contributed by atoms with E-state index in [4.69, 9.17) is 5.11 Å². The number of hydrogen-bond acceptors (Lipinski definition) is 5. The van der Waals surface area contributed by atoms with Crippen molar-refractivity contribution in [3.05, 3.63) is 40.6 Å². The molecule has 0 amide bonds. The number of hydrogen-bond donors (Lipinski definition) is 2. The van der Waals surface area contributed by atoms with Gasteiger partial charge in [-0.3, -0.25) is 10.1 Å². The van der Waals surface area contributed by atoms with Gasteiger partial charge in [0.2, 0.25) is 0 Å². The Morgan fingerprint density at radius 1 is 1.40 bits per heavy atom. The van der Waals surface area contributed by atoms with Crippen molar-refractivity contribution in [1.82, 2.24) is 4.98 Å². The fourth-order valence-electron chi connectivity index (χ4n) is 1.77. The number of halogens is 2. The number of anilines is 1. The Labute approximate surface area is 112 Å². The number of aromatic nitrogens is 1. The lowest BCUT2D eigenvalue weighted by Crippen LogP contribution is -2.26. The van der Waals surface area contributed by atoms with Crippen LogP contribution in [0.3, 0.4) is 0 Å². The van der Waals surface area contributed by atoms with Gasteiger partial charge in [0.1, 0.15) is 11.6 Å². The maximum absolute atomic E-state index is 12.2.